The van der Waals surface area contributed by atoms with Gasteiger partial charge in [0.05, 0.1) is 11.5 Å². The van der Waals surface area contributed by atoms with E-state index in [4.69, 9.17) is 0 Å². The van der Waals surface area contributed by atoms with Gasteiger partial charge in [0.2, 0.25) is 0 Å². The topological polar surface area (TPSA) is 46.2 Å². The van der Waals surface area contributed by atoms with E-state index in [9.17, 15) is 8.42 Å². The van der Waals surface area contributed by atoms with E-state index in [1.165, 1.54) is 32.1 Å². The molecule has 0 bridgehead atoms. The summed E-state index contributed by atoms with van der Waals surface area (Å²) in [4.78, 5) is 0. The molecular formula is C14H27NO2S. The van der Waals surface area contributed by atoms with Crippen LogP contribution in [0.15, 0.2) is 0 Å². The first-order valence-electron chi connectivity index (χ1n) is 7.43. The first-order valence-corrected chi connectivity index (χ1v) is 9.25. The average Bonchev–Trinajstić information content (AvgIpc) is 2.70. The zero-order valence-electron chi connectivity index (χ0n) is 11.7. The van der Waals surface area contributed by atoms with E-state index in [-0.39, 0.29) is 0 Å². The van der Waals surface area contributed by atoms with Crippen LogP contribution in [0.25, 0.3) is 0 Å². The van der Waals surface area contributed by atoms with Gasteiger partial charge in [0.25, 0.3) is 0 Å². The van der Waals surface area contributed by atoms with Crippen LogP contribution in [-0.2, 0) is 9.84 Å². The molecule has 0 aromatic rings. The van der Waals surface area contributed by atoms with Gasteiger partial charge in [-0.2, -0.15) is 0 Å². The van der Waals surface area contributed by atoms with Gasteiger partial charge in [-0.15, -0.1) is 0 Å². The van der Waals surface area contributed by atoms with Crippen molar-refractivity contribution in [2.75, 3.05) is 18.6 Å². The summed E-state index contributed by atoms with van der Waals surface area (Å²) < 4.78 is 23.3. The third kappa shape index (κ3) is 3.27. The molecule has 18 heavy (non-hydrogen) atoms. The van der Waals surface area contributed by atoms with Gasteiger partial charge in [0, 0.05) is 6.04 Å². The summed E-state index contributed by atoms with van der Waals surface area (Å²) in [5.74, 6) is 2.68. The summed E-state index contributed by atoms with van der Waals surface area (Å²) in [7, 11) is -0.705. The van der Waals surface area contributed by atoms with Crippen LogP contribution in [-0.4, -0.2) is 33.0 Å². The van der Waals surface area contributed by atoms with Crippen molar-refractivity contribution >= 4 is 9.84 Å². The van der Waals surface area contributed by atoms with Crippen molar-refractivity contribution in [2.24, 2.45) is 17.8 Å². The van der Waals surface area contributed by atoms with Crippen molar-refractivity contribution in [1.82, 2.24) is 5.32 Å². The maximum atomic E-state index is 11.7. The van der Waals surface area contributed by atoms with Crippen LogP contribution < -0.4 is 5.32 Å². The summed E-state index contributed by atoms with van der Waals surface area (Å²) in [6.45, 7) is 2.25. The smallest absolute Gasteiger partial charge is 0.150 e. The summed E-state index contributed by atoms with van der Waals surface area (Å²) in [6, 6.07) is 0.538. The van der Waals surface area contributed by atoms with E-state index < -0.39 is 9.84 Å². The summed E-state index contributed by atoms with van der Waals surface area (Å²) in [6.07, 6.45) is 7.23. The van der Waals surface area contributed by atoms with Crippen LogP contribution in [0.2, 0.25) is 0 Å². The predicted octanol–water partition coefficient (Wildman–Crippen LogP) is 2.23. The molecule has 0 amide bonds. The normalized spacial score (nSPS) is 39.9. The zero-order chi connectivity index (χ0) is 13.2. The molecule has 2 aliphatic rings. The number of sulfone groups is 1. The van der Waals surface area contributed by atoms with Crippen molar-refractivity contribution in [3.63, 3.8) is 0 Å². The fourth-order valence-corrected chi connectivity index (χ4v) is 5.90. The van der Waals surface area contributed by atoms with Crippen molar-refractivity contribution < 1.29 is 8.42 Å². The highest BCUT2D eigenvalue weighted by molar-refractivity contribution is 7.91. The molecule has 0 aromatic heterocycles. The van der Waals surface area contributed by atoms with Gasteiger partial charge in [0.1, 0.15) is 0 Å². The monoisotopic (exact) mass is 273 g/mol. The number of rotatable bonds is 4. The minimum absolute atomic E-state index is 0.409. The van der Waals surface area contributed by atoms with Crippen LogP contribution in [0.1, 0.15) is 45.4 Å². The Labute approximate surface area is 112 Å². The molecule has 1 aliphatic carbocycles. The van der Waals surface area contributed by atoms with Crippen LogP contribution >= 0.6 is 0 Å². The Balaban J connectivity index is 2.02. The SMILES string of the molecule is CCCC1CCC(NC)C(C2CCS(=O)(=O)C2)C1. The lowest BCUT2D eigenvalue weighted by atomic mass is 9.71. The first-order chi connectivity index (χ1) is 8.55. The second-order valence-corrected chi connectivity index (χ2v) is 8.42. The van der Waals surface area contributed by atoms with Crippen molar-refractivity contribution in [3.8, 4) is 0 Å². The maximum absolute atomic E-state index is 11.7. The van der Waals surface area contributed by atoms with Crippen molar-refractivity contribution in [2.45, 2.75) is 51.5 Å². The Kier molecular flexibility index (Phi) is 4.70. The van der Waals surface area contributed by atoms with Gasteiger partial charge in [-0.05, 0) is 50.5 Å². The van der Waals surface area contributed by atoms with E-state index in [1.807, 2.05) is 7.05 Å². The van der Waals surface area contributed by atoms with E-state index >= 15 is 0 Å². The highest BCUT2D eigenvalue weighted by Gasteiger charge is 2.39. The predicted molar refractivity (Wildman–Crippen MR) is 75.3 cm³/mol. The zero-order valence-corrected chi connectivity index (χ0v) is 12.5. The number of hydrogen-bond donors (Lipinski definition) is 1. The average molecular weight is 273 g/mol. The van der Waals surface area contributed by atoms with Crippen molar-refractivity contribution in [1.29, 1.82) is 0 Å². The minimum Gasteiger partial charge on any atom is -0.317 e. The lowest BCUT2D eigenvalue weighted by molar-refractivity contribution is 0.153. The standard InChI is InChI=1S/C14H27NO2S/c1-3-4-11-5-6-14(15-2)13(9-11)12-7-8-18(16,17)10-12/h11-15H,3-10H2,1-2H3. The molecular weight excluding hydrogens is 246 g/mol. The maximum Gasteiger partial charge on any atom is 0.150 e. The largest absolute Gasteiger partial charge is 0.317 e. The third-order valence-corrected chi connectivity index (χ3v) is 6.74. The van der Waals surface area contributed by atoms with Gasteiger partial charge < -0.3 is 5.32 Å². The lowest BCUT2D eigenvalue weighted by Gasteiger charge is -2.39. The van der Waals surface area contributed by atoms with Crippen molar-refractivity contribution in [3.05, 3.63) is 0 Å². The molecule has 1 N–H and O–H groups in total. The molecule has 2 rings (SSSR count). The number of hydrogen-bond acceptors (Lipinski definition) is 3. The molecule has 1 saturated heterocycles. The molecule has 2 fully saturated rings. The van der Waals surface area contributed by atoms with Crippen LogP contribution in [0.4, 0.5) is 0 Å². The Morgan fingerprint density at radius 2 is 2.00 bits per heavy atom. The molecule has 1 aliphatic heterocycles. The highest BCUT2D eigenvalue weighted by Crippen LogP contribution is 2.40. The minimum atomic E-state index is -2.73. The Morgan fingerprint density at radius 3 is 2.56 bits per heavy atom. The molecule has 4 unspecified atom stereocenters. The summed E-state index contributed by atoms with van der Waals surface area (Å²) in [5.41, 5.74) is 0. The molecule has 0 spiro atoms. The molecule has 3 nitrogen and oxygen atoms in total. The van der Waals surface area contributed by atoms with Gasteiger partial charge in [-0.1, -0.05) is 19.8 Å². The van der Waals surface area contributed by atoms with E-state index in [0.29, 0.717) is 29.4 Å². The number of nitrogens with one attached hydrogen (secondary N) is 1. The Bertz CT molecular complexity index is 366. The van der Waals surface area contributed by atoms with Crippen LogP contribution in [0.5, 0.6) is 0 Å². The highest BCUT2D eigenvalue weighted by atomic mass is 32.2. The summed E-state index contributed by atoms with van der Waals surface area (Å²) in [5, 5.41) is 3.43. The molecule has 4 heteroatoms. The molecule has 0 radical (unpaired) electrons. The van der Waals surface area contributed by atoms with E-state index in [2.05, 4.69) is 12.2 Å². The quantitative estimate of drug-likeness (QED) is 0.854. The first kappa shape index (κ1) is 14.3. The van der Waals surface area contributed by atoms with E-state index in [0.717, 1.165) is 12.3 Å². The third-order valence-electron chi connectivity index (χ3n) is 4.95. The lowest BCUT2D eigenvalue weighted by Crippen LogP contribution is -2.42. The van der Waals surface area contributed by atoms with Crippen LogP contribution in [0, 0.1) is 17.8 Å². The summed E-state index contributed by atoms with van der Waals surface area (Å²) >= 11 is 0. The van der Waals surface area contributed by atoms with E-state index in [1.54, 1.807) is 0 Å². The fourth-order valence-electron chi connectivity index (χ4n) is 4.01. The second kappa shape index (κ2) is 5.91. The van der Waals surface area contributed by atoms with Gasteiger partial charge in [-0.25, -0.2) is 8.42 Å². The van der Waals surface area contributed by atoms with Gasteiger partial charge in [0.15, 0.2) is 9.84 Å². The molecule has 1 saturated carbocycles. The molecule has 4 atom stereocenters. The Morgan fingerprint density at radius 1 is 1.22 bits per heavy atom. The van der Waals surface area contributed by atoms with Crippen LogP contribution in [0.3, 0.4) is 0 Å². The Hall–Kier alpha value is -0.0900. The molecule has 0 aromatic carbocycles. The van der Waals surface area contributed by atoms with Gasteiger partial charge >= 0.3 is 0 Å². The molecule has 1 heterocycles. The molecule has 106 valence electrons. The van der Waals surface area contributed by atoms with Gasteiger partial charge in [-0.3, -0.25) is 0 Å². The second-order valence-electron chi connectivity index (χ2n) is 6.19. The fraction of sp³-hybridized carbons (Fsp3) is 1.00.